The van der Waals surface area contributed by atoms with E-state index in [1.54, 1.807) is 48.5 Å². The van der Waals surface area contributed by atoms with Crippen LogP contribution in [0.1, 0.15) is 0 Å². The van der Waals surface area contributed by atoms with Gasteiger partial charge in [-0.1, -0.05) is 70.1 Å². The van der Waals surface area contributed by atoms with E-state index in [0.29, 0.717) is 52.6 Å². The number of nitrogens with zero attached hydrogens (tertiary/aromatic N) is 7. The van der Waals surface area contributed by atoms with Crippen molar-refractivity contribution in [2.45, 2.75) is 14.8 Å². The molecular formula is C38H28BrCl5F3N7Sn. The van der Waals surface area contributed by atoms with Crippen molar-refractivity contribution >= 4 is 96.0 Å². The third-order valence-electron chi connectivity index (χ3n) is 6.91. The quantitative estimate of drug-likeness (QED) is 0.0985. The van der Waals surface area contributed by atoms with Crippen molar-refractivity contribution in [2.75, 3.05) is 0 Å². The van der Waals surface area contributed by atoms with Gasteiger partial charge in [0.25, 0.3) is 0 Å². The zero-order chi connectivity index (χ0) is 40.1. The SMILES string of the molecule is Clc1cc(-c2ccc(Cl)c(Cl)c2)ncn1.Fc1ccc(-c2cc(-c3ccc(Cl)c(Cl)c3)ncn2)nc1.Fc1ccc(Br)nc1.[CH3][Sn]([CH3])([CH3])[c]1ccc(F)cn1. The molecule has 5 heterocycles. The van der Waals surface area contributed by atoms with Crippen LogP contribution < -0.4 is 3.71 Å². The molecule has 0 bridgehead atoms. The van der Waals surface area contributed by atoms with E-state index in [-0.39, 0.29) is 11.6 Å². The Morgan fingerprint density at radius 3 is 1.38 bits per heavy atom. The Kier molecular flexibility index (Phi) is 17.1. The van der Waals surface area contributed by atoms with Gasteiger partial charge in [0.05, 0.1) is 55.3 Å². The molecule has 282 valence electrons. The number of aromatic nitrogens is 7. The van der Waals surface area contributed by atoms with Crippen molar-refractivity contribution in [3.8, 4) is 33.9 Å². The van der Waals surface area contributed by atoms with Gasteiger partial charge in [-0.3, -0.25) is 4.98 Å². The van der Waals surface area contributed by atoms with Gasteiger partial charge in [0.15, 0.2) is 0 Å². The normalized spacial score (nSPS) is 10.5. The fourth-order valence-corrected chi connectivity index (χ4v) is 8.09. The number of hydrogen-bond acceptors (Lipinski definition) is 7. The van der Waals surface area contributed by atoms with Crippen molar-refractivity contribution in [2.24, 2.45) is 0 Å². The molecule has 7 nitrogen and oxygen atoms in total. The summed E-state index contributed by atoms with van der Waals surface area (Å²) in [5.41, 5.74) is 4.24. The molecule has 0 saturated carbocycles. The molecule has 2 aromatic carbocycles. The van der Waals surface area contributed by atoms with Crippen LogP contribution in [0.2, 0.25) is 40.1 Å². The van der Waals surface area contributed by atoms with Gasteiger partial charge >= 0.3 is 70.4 Å². The topological polar surface area (TPSA) is 90.2 Å². The summed E-state index contributed by atoms with van der Waals surface area (Å²) in [6.45, 7) is 0. The first-order valence-electron chi connectivity index (χ1n) is 15.8. The third-order valence-corrected chi connectivity index (χ3v) is 14.3. The molecule has 17 heteroatoms. The number of rotatable bonds is 4. The van der Waals surface area contributed by atoms with Crippen LogP contribution in [-0.4, -0.2) is 53.3 Å². The predicted molar refractivity (Wildman–Crippen MR) is 222 cm³/mol. The zero-order valence-corrected chi connectivity index (χ0v) is 37.2. The van der Waals surface area contributed by atoms with E-state index >= 15 is 0 Å². The van der Waals surface area contributed by atoms with Gasteiger partial charge in [-0.05, 0) is 70.5 Å². The molecule has 0 N–H and O–H groups in total. The van der Waals surface area contributed by atoms with Gasteiger partial charge in [0, 0.05) is 17.2 Å². The third kappa shape index (κ3) is 14.5. The number of pyridine rings is 3. The minimum absolute atomic E-state index is 0.246. The standard InChI is InChI=1S/C15H8Cl2FN3.C10H5Cl3N2.C5H3BrFN.C5H3FN.3CH3.Sn/c16-11-3-1-9(5-12(11)17)14-6-15(21-8-20-14)13-4-2-10(18)7-19-13;11-7-2-1-6(3-8(7)12)9-4-10(13)15-5-14-9;6-5-2-1-4(7)3-8-5;6-5-2-1-3-7-4-5;;;;/h1-8H;1-5H;1-3H;1-2,4H;3*1H3;. The second-order valence-electron chi connectivity index (χ2n) is 12.0. The Balaban J connectivity index is 0.000000174. The summed E-state index contributed by atoms with van der Waals surface area (Å²) in [6, 6.07) is 23.1. The van der Waals surface area contributed by atoms with Crippen LogP contribution in [0.15, 0.2) is 121 Å². The van der Waals surface area contributed by atoms with E-state index in [0.717, 1.165) is 27.2 Å². The van der Waals surface area contributed by atoms with Crippen LogP contribution >= 0.6 is 73.9 Å². The van der Waals surface area contributed by atoms with Crippen LogP contribution in [0.5, 0.6) is 0 Å². The summed E-state index contributed by atoms with van der Waals surface area (Å²) in [5.74, 6) is -0.949. The first kappa shape index (κ1) is 44.3. The molecule has 55 heavy (non-hydrogen) atoms. The Bertz CT molecular complexity index is 2300. The monoisotopic (exact) mass is 1010 g/mol. The molecule has 0 radical (unpaired) electrons. The maximum absolute atomic E-state index is 12.9. The molecule has 0 fully saturated rings. The van der Waals surface area contributed by atoms with Gasteiger partial charge in [-0.25, -0.2) is 33.7 Å². The van der Waals surface area contributed by atoms with E-state index in [9.17, 15) is 13.2 Å². The Morgan fingerprint density at radius 2 is 0.945 bits per heavy atom. The first-order valence-corrected chi connectivity index (χ1v) is 28.5. The van der Waals surface area contributed by atoms with Gasteiger partial charge < -0.3 is 0 Å². The molecule has 0 aliphatic rings. The van der Waals surface area contributed by atoms with Crippen LogP contribution in [0.4, 0.5) is 13.2 Å². The molecule has 0 unspecified atom stereocenters. The van der Waals surface area contributed by atoms with Gasteiger partial charge in [-0.15, -0.1) is 0 Å². The molecule has 0 saturated heterocycles. The summed E-state index contributed by atoms with van der Waals surface area (Å²) >= 11 is 30.4. The van der Waals surface area contributed by atoms with Gasteiger partial charge in [0.1, 0.15) is 34.0 Å². The molecule has 0 atom stereocenters. The fourth-order valence-electron chi connectivity index (χ4n) is 4.16. The van der Waals surface area contributed by atoms with E-state index in [4.69, 9.17) is 58.0 Å². The van der Waals surface area contributed by atoms with Crippen molar-refractivity contribution in [3.05, 3.63) is 163 Å². The molecule has 0 aliphatic heterocycles. The second-order valence-corrected chi connectivity index (χ2v) is 29.2. The van der Waals surface area contributed by atoms with E-state index in [2.05, 4.69) is 65.6 Å². The maximum atomic E-state index is 12.9. The van der Waals surface area contributed by atoms with Crippen LogP contribution in [0, 0.1) is 17.5 Å². The van der Waals surface area contributed by atoms with Gasteiger partial charge in [-0.2, -0.15) is 0 Å². The zero-order valence-electron chi connectivity index (χ0n) is 29.0. The first-order chi connectivity index (χ1) is 26.1. The second kappa shape index (κ2) is 21.2. The van der Waals surface area contributed by atoms with Crippen LogP contribution in [0.25, 0.3) is 33.9 Å². The van der Waals surface area contributed by atoms with Crippen molar-refractivity contribution in [1.82, 2.24) is 34.9 Å². The predicted octanol–water partition coefficient (Wildman–Crippen LogP) is 12.5. The minimum atomic E-state index is -2.02. The molecule has 0 aliphatic carbocycles. The summed E-state index contributed by atoms with van der Waals surface area (Å²) in [7, 11) is 0. The van der Waals surface area contributed by atoms with Crippen LogP contribution in [-0.2, 0) is 0 Å². The van der Waals surface area contributed by atoms with Crippen molar-refractivity contribution < 1.29 is 13.2 Å². The van der Waals surface area contributed by atoms with E-state index in [1.807, 2.05) is 18.2 Å². The van der Waals surface area contributed by atoms with Crippen LogP contribution in [0.3, 0.4) is 0 Å². The average molecular weight is 1020 g/mol. The average Bonchev–Trinajstić information content (AvgIpc) is 3.16. The molecular weight excluding hydrogens is 987 g/mol. The molecule has 7 rings (SSSR count). The summed E-state index contributed by atoms with van der Waals surface area (Å²) in [4.78, 5) is 34.7. The molecule has 0 amide bonds. The number of hydrogen-bond donors (Lipinski definition) is 0. The Hall–Kier alpha value is -3.43. The molecule has 7 aromatic rings. The van der Waals surface area contributed by atoms with Crippen molar-refractivity contribution in [1.29, 1.82) is 0 Å². The summed E-state index contributed by atoms with van der Waals surface area (Å²) < 4.78 is 39.1. The summed E-state index contributed by atoms with van der Waals surface area (Å²) in [5, 5.41) is 2.33. The summed E-state index contributed by atoms with van der Waals surface area (Å²) in [6.07, 6.45) is 6.44. The number of benzene rings is 2. The van der Waals surface area contributed by atoms with Gasteiger partial charge in [0.2, 0.25) is 0 Å². The molecule has 5 aromatic heterocycles. The Labute approximate surface area is 353 Å². The van der Waals surface area contributed by atoms with E-state index in [1.165, 1.54) is 37.1 Å². The molecule has 0 spiro atoms. The fraction of sp³-hybridized carbons (Fsp3) is 0.0789. The Morgan fingerprint density at radius 1 is 0.455 bits per heavy atom. The van der Waals surface area contributed by atoms with E-state index < -0.39 is 24.2 Å². The van der Waals surface area contributed by atoms with Crippen molar-refractivity contribution in [3.63, 3.8) is 0 Å². The number of halogens is 9.